The van der Waals surface area contributed by atoms with E-state index in [2.05, 4.69) is 20.8 Å². The molecule has 0 radical (unpaired) electrons. The molecule has 5 nitrogen and oxygen atoms in total. The summed E-state index contributed by atoms with van der Waals surface area (Å²) in [5.74, 6) is 0.269. The number of rotatable bonds is 6. The molecule has 0 aliphatic rings. The van der Waals surface area contributed by atoms with Gasteiger partial charge in [-0.3, -0.25) is 0 Å². The van der Waals surface area contributed by atoms with Gasteiger partial charge in [-0.05, 0) is 25.8 Å². The maximum Gasteiger partial charge on any atom is 0.192 e. The highest BCUT2D eigenvalue weighted by atomic mass is 127. The molecule has 0 spiro atoms. The summed E-state index contributed by atoms with van der Waals surface area (Å²) in [4.78, 5) is 4.43. The summed E-state index contributed by atoms with van der Waals surface area (Å²) in [6.07, 6.45) is 0. The molecule has 2 rings (SSSR count). The summed E-state index contributed by atoms with van der Waals surface area (Å²) in [5, 5.41) is 10.2. The van der Waals surface area contributed by atoms with Crippen molar-refractivity contribution in [2.45, 2.75) is 46.2 Å². The number of aliphatic imine (C=N–C) groups is 1. The van der Waals surface area contributed by atoms with E-state index < -0.39 is 11.6 Å². The zero-order valence-electron chi connectivity index (χ0n) is 15.3. The summed E-state index contributed by atoms with van der Waals surface area (Å²) in [6, 6.07) is 5.04. The molecule has 1 atom stereocenters. The Balaban J connectivity index is 0.00000338. The van der Waals surface area contributed by atoms with Gasteiger partial charge in [0.25, 0.3) is 0 Å². The topological polar surface area (TPSA) is 62.5 Å². The second-order valence-corrected chi connectivity index (χ2v) is 6.10. The van der Waals surface area contributed by atoms with Crippen LogP contribution in [0.3, 0.4) is 0 Å². The molecule has 1 heterocycles. The molecule has 0 bridgehead atoms. The van der Waals surface area contributed by atoms with Crippen molar-refractivity contribution in [1.29, 1.82) is 0 Å². The Hall–Kier alpha value is -1.71. The summed E-state index contributed by atoms with van der Waals surface area (Å²) in [6.45, 7) is 8.76. The molecule has 1 aromatic heterocycles. The molecule has 1 unspecified atom stereocenters. The standard InChI is InChI=1S/C18H24F2N4O.HI/c1-5-21-18(22-10-14-9-17(11(2)3)24-25-14)23-12(4)15-7-6-13(19)8-16(15)20;/h6-9,11-12H,5,10H2,1-4H3,(H2,21,22,23);1H. The molecule has 144 valence electrons. The van der Waals surface area contributed by atoms with Crippen LogP contribution < -0.4 is 10.6 Å². The van der Waals surface area contributed by atoms with Gasteiger partial charge in [-0.25, -0.2) is 13.8 Å². The third-order valence-corrected chi connectivity index (χ3v) is 3.69. The van der Waals surface area contributed by atoms with Crippen LogP contribution in [0.1, 0.15) is 56.7 Å². The fourth-order valence-corrected chi connectivity index (χ4v) is 2.29. The molecule has 0 saturated heterocycles. The van der Waals surface area contributed by atoms with Gasteiger partial charge in [-0.15, -0.1) is 24.0 Å². The van der Waals surface area contributed by atoms with Crippen molar-refractivity contribution in [3.05, 3.63) is 52.9 Å². The number of aromatic nitrogens is 1. The van der Waals surface area contributed by atoms with E-state index in [0.717, 1.165) is 11.8 Å². The van der Waals surface area contributed by atoms with Crippen molar-refractivity contribution in [3.8, 4) is 0 Å². The zero-order chi connectivity index (χ0) is 18.4. The Kier molecular flexibility index (Phi) is 8.97. The van der Waals surface area contributed by atoms with Crippen molar-refractivity contribution < 1.29 is 13.3 Å². The molecular formula is C18H25F2IN4O. The predicted octanol–water partition coefficient (Wildman–Crippen LogP) is 4.51. The Morgan fingerprint density at radius 1 is 1.23 bits per heavy atom. The summed E-state index contributed by atoms with van der Waals surface area (Å²) < 4.78 is 32.2. The van der Waals surface area contributed by atoms with Crippen LogP contribution >= 0.6 is 24.0 Å². The van der Waals surface area contributed by atoms with Crippen molar-refractivity contribution in [3.63, 3.8) is 0 Å². The average molecular weight is 478 g/mol. The lowest BCUT2D eigenvalue weighted by Gasteiger charge is -2.18. The lowest BCUT2D eigenvalue weighted by molar-refractivity contribution is 0.376. The summed E-state index contributed by atoms with van der Waals surface area (Å²) >= 11 is 0. The zero-order valence-corrected chi connectivity index (χ0v) is 17.7. The predicted molar refractivity (Wildman–Crippen MR) is 109 cm³/mol. The van der Waals surface area contributed by atoms with Gasteiger partial charge in [0.2, 0.25) is 0 Å². The number of guanidine groups is 1. The fraction of sp³-hybridized carbons (Fsp3) is 0.444. The van der Waals surface area contributed by atoms with E-state index in [1.807, 2.05) is 26.8 Å². The molecule has 0 aliphatic heterocycles. The molecule has 8 heteroatoms. The summed E-state index contributed by atoms with van der Waals surface area (Å²) in [7, 11) is 0. The van der Waals surface area contributed by atoms with Crippen LogP contribution in [-0.2, 0) is 6.54 Å². The molecular weight excluding hydrogens is 453 g/mol. The number of benzene rings is 1. The van der Waals surface area contributed by atoms with Crippen molar-refractivity contribution in [1.82, 2.24) is 15.8 Å². The minimum Gasteiger partial charge on any atom is -0.359 e. The smallest absolute Gasteiger partial charge is 0.192 e. The molecule has 0 fully saturated rings. The molecule has 0 aliphatic carbocycles. The molecule has 2 N–H and O–H groups in total. The van der Waals surface area contributed by atoms with Gasteiger partial charge in [0, 0.05) is 24.2 Å². The minimum absolute atomic E-state index is 0. The van der Waals surface area contributed by atoms with Crippen LogP contribution in [0.15, 0.2) is 33.8 Å². The third kappa shape index (κ3) is 6.22. The van der Waals surface area contributed by atoms with E-state index in [-0.39, 0.29) is 35.9 Å². The first-order chi connectivity index (χ1) is 11.9. The highest BCUT2D eigenvalue weighted by molar-refractivity contribution is 14.0. The number of nitrogens with one attached hydrogen (secondary N) is 2. The SMILES string of the molecule is CCNC(=NCc1cc(C(C)C)no1)NC(C)c1ccc(F)cc1F.I. The van der Waals surface area contributed by atoms with Gasteiger partial charge in [0.1, 0.15) is 18.2 Å². The number of hydrogen-bond acceptors (Lipinski definition) is 3. The lowest BCUT2D eigenvalue weighted by Crippen LogP contribution is -2.39. The van der Waals surface area contributed by atoms with E-state index >= 15 is 0 Å². The number of nitrogens with zero attached hydrogens (tertiary/aromatic N) is 2. The second-order valence-electron chi connectivity index (χ2n) is 6.10. The third-order valence-electron chi connectivity index (χ3n) is 3.69. The van der Waals surface area contributed by atoms with Crippen molar-refractivity contribution in [2.75, 3.05) is 6.54 Å². The molecule has 2 aromatic rings. The lowest BCUT2D eigenvalue weighted by atomic mass is 10.1. The van der Waals surface area contributed by atoms with Gasteiger partial charge in [0.05, 0.1) is 11.7 Å². The molecule has 1 aromatic carbocycles. The first-order valence-electron chi connectivity index (χ1n) is 8.36. The maximum atomic E-state index is 13.9. The van der Waals surface area contributed by atoms with Crippen molar-refractivity contribution >= 4 is 29.9 Å². The van der Waals surface area contributed by atoms with E-state index in [9.17, 15) is 8.78 Å². The molecule has 26 heavy (non-hydrogen) atoms. The van der Waals surface area contributed by atoms with E-state index in [4.69, 9.17) is 4.52 Å². The second kappa shape index (κ2) is 10.4. The summed E-state index contributed by atoms with van der Waals surface area (Å²) in [5.41, 5.74) is 1.25. The first-order valence-corrected chi connectivity index (χ1v) is 8.36. The molecule has 0 amide bonds. The van der Waals surface area contributed by atoms with E-state index in [1.165, 1.54) is 12.1 Å². The van der Waals surface area contributed by atoms with Gasteiger partial charge in [0.15, 0.2) is 11.7 Å². The fourth-order valence-electron chi connectivity index (χ4n) is 2.29. The van der Waals surface area contributed by atoms with Crippen molar-refractivity contribution in [2.24, 2.45) is 4.99 Å². The van der Waals surface area contributed by atoms with Gasteiger partial charge in [-0.2, -0.15) is 0 Å². The van der Waals surface area contributed by atoms with Crippen LogP contribution in [0.4, 0.5) is 8.78 Å². The highest BCUT2D eigenvalue weighted by Gasteiger charge is 2.13. The van der Waals surface area contributed by atoms with E-state index in [0.29, 0.717) is 30.4 Å². The number of hydrogen-bond donors (Lipinski definition) is 2. The first kappa shape index (κ1) is 22.3. The van der Waals surface area contributed by atoms with E-state index in [1.54, 1.807) is 6.92 Å². The monoisotopic (exact) mass is 478 g/mol. The van der Waals surface area contributed by atoms with Crippen LogP contribution in [-0.4, -0.2) is 17.7 Å². The number of halogens is 3. The van der Waals surface area contributed by atoms with Crippen LogP contribution in [0, 0.1) is 11.6 Å². The Morgan fingerprint density at radius 3 is 2.54 bits per heavy atom. The Labute approximate surface area is 169 Å². The van der Waals surface area contributed by atoms with Crippen LogP contribution in [0.5, 0.6) is 0 Å². The largest absolute Gasteiger partial charge is 0.359 e. The highest BCUT2D eigenvalue weighted by Crippen LogP contribution is 2.18. The average Bonchev–Trinajstić information content (AvgIpc) is 3.02. The Morgan fingerprint density at radius 2 is 1.96 bits per heavy atom. The van der Waals surface area contributed by atoms with Gasteiger partial charge < -0.3 is 15.2 Å². The van der Waals surface area contributed by atoms with Crippen LogP contribution in [0.25, 0.3) is 0 Å². The van der Waals surface area contributed by atoms with Gasteiger partial charge in [-0.1, -0.05) is 25.1 Å². The molecule has 0 saturated carbocycles. The minimum atomic E-state index is -0.597. The maximum absolute atomic E-state index is 13.9. The normalized spacial score (nSPS) is 12.7. The van der Waals surface area contributed by atoms with Gasteiger partial charge >= 0.3 is 0 Å². The quantitative estimate of drug-likeness (QED) is 0.365. The van der Waals surface area contributed by atoms with Crippen LogP contribution in [0.2, 0.25) is 0 Å². The Bertz CT molecular complexity index is 734.